The van der Waals surface area contributed by atoms with E-state index in [1.165, 1.54) is 5.56 Å². The second-order valence-electron chi connectivity index (χ2n) is 8.76. The van der Waals surface area contributed by atoms with Gasteiger partial charge in [0.25, 0.3) is 5.91 Å². The summed E-state index contributed by atoms with van der Waals surface area (Å²) in [7, 11) is 0. The van der Waals surface area contributed by atoms with Crippen molar-refractivity contribution in [1.29, 1.82) is 0 Å². The van der Waals surface area contributed by atoms with Crippen molar-refractivity contribution < 1.29 is 9.59 Å². The van der Waals surface area contributed by atoms with E-state index in [2.05, 4.69) is 36.0 Å². The van der Waals surface area contributed by atoms with Crippen LogP contribution in [0.25, 0.3) is 0 Å². The largest absolute Gasteiger partial charge is 0.355 e. The minimum atomic E-state index is -0.145. The molecule has 2 aromatic rings. The average molecular weight is 409 g/mol. The molecule has 3 rings (SSSR count). The molecule has 6 nitrogen and oxygen atoms in total. The molecule has 160 valence electrons. The van der Waals surface area contributed by atoms with E-state index in [0.29, 0.717) is 17.7 Å². The highest BCUT2D eigenvalue weighted by molar-refractivity contribution is 6.04. The maximum Gasteiger partial charge on any atom is 0.255 e. The zero-order valence-electron chi connectivity index (χ0n) is 18.4. The second-order valence-corrected chi connectivity index (χ2v) is 8.76. The van der Waals surface area contributed by atoms with Gasteiger partial charge in [-0.25, -0.2) is 4.98 Å². The van der Waals surface area contributed by atoms with Crippen LogP contribution in [0.1, 0.15) is 56.5 Å². The van der Waals surface area contributed by atoms with Gasteiger partial charge in [0.1, 0.15) is 5.82 Å². The van der Waals surface area contributed by atoms with E-state index >= 15 is 0 Å². The van der Waals surface area contributed by atoms with Gasteiger partial charge in [-0.3, -0.25) is 9.59 Å². The summed E-state index contributed by atoms with van der Waals surface area (Å²) in [6, 6.07) is 11.5. The lowest BCUT2D eigenvalue weighted by Crippen LogP contribution is -2.34. The van der Waals surface area contributed by atoms with Gasteiger partial charge in [0.2, 0.25) is 5.91 Å². The molecule has 0 aliphatic carbocycles. The molecule has 0 radical (unpaired) electrons. The maximum atomic E-state index is 12.5. The molecule has 1 aromatic heterocycles. The molecule has 1 aliphatic rings. The molecule has 1 saturated heterocycles. The van der Waals surface area contributed by atoms with Gasteiger partial charge in [0.05, 0.1) is 11.9 Å². The highest BCUT2D eigenvalue weighted by atomic mass is 16.2. The summed E-state index contributed by atoms with van der Waals surface area (Å²) in [6.45, 7) is 11.5. The summed E-state index contributed by atoms with van der Waals surface area (Å²) >= 11 is 0. The topological polar surface area (TPSA) is 65.5 Å². The SMILES string of the molecule is CCC(=O)N1CCCN(c2ccc(NC(=O)c3ccc(C(C)(C)C)cc3)cn2)CC1. The van der Waals surface area contributed by atoms with Crippen LogP contribution in [0, 0.1) is 0 Å². The fraction of sp³-hybridized carbons (Fsp3) is 0.458. The standard InChI is InChI=1S/C24H32N4O2/c1-5-22(29)28-14-6-13-27(15-16-28)21-12-11-20(17-25-21)26-23(30)18-7-9-19(10-8-18)24(2,3)4/h7-12,17H,5-6,13-16H2,1-4H3,(H,26,30). The molecule has 6 heteroatoms. The second kappa shape index (κ2) is 9.28. The Bertz CT molecular complexity index is 870. The number of hydrogen-bond donors (Lipinski definition) is 1. The first-order valence-corrected chi connectivity index (χ1v) is 10.7. The van der Waals surface area contributed by atoms with Crippen LogP contribution < -0.4 is 10.2 Å². The summed E-state index contributed by atoms with van der Waals surface area (Å²) in [5, 5.41) is 2.92. The van der Waals surface area contributed by atoms with E-state index in [1.807, 2.05) is 48.2 Å². The average Bonchev–Trinajstić information content (AvgIpc) is 2.99. The third kappa shape index (κ3) is 5.38. The molecule has 0 saturated carbocycles. The lowest BCUT2D eigenvalue weighted by molar-refractivity contribution is -0.130. The Morgan fingerprint density at radius 1 is 1.00 bits per heavy atom. The highest BCUT2D eigenvalue weighted by Gasteiger charge is 2.19. The Kier molecular flexibility index (Phi) is 6.75. The minimum Gasteiger partial charge on any atom is -0.355 e. The van der Waals surface area contributed by atoms with Crippen LogP contribution >= 0.6 is 0 Å². The molecule has 30 heavy (non-hydrogen) atoms. The van der Waals surface area contributed by atoms with Crippen molar-refractivity contribution in [3.8, 4) is 0 Å². The van der Waals surface area contributed by atoms with E-state index in [1.54, 1.807) is 6.20 Å². The van der Waals surface area contributed by atoms with Crippen LogP contribution in [0.4, 0.5) is 11.5 Å². The molecule has 1 aliphatic heterocycles. The Balaban J connectivity index is 1.60. The normalized spacial score (nSPS) is 14.9. The quantitative estimate of drug-likeness (QED) is 0.828. The number of nitrogens with one attached hydrogen (secondary N) is 1. The summed E-state index contributed by atoms with van der Waals surface area (Å²) in [5.74, 6) is 0.931. The van der Waals surface area contributed by atoms with Crippen LogP contribution in [0.15, 0.2) is 42.6 Å². The Morgan fingerprint density at radius 3 is 2.33 bits per heavy atom. The number of carbonyl (C=O) groups excluding carboxylic acids is 2. The van der Waals surface area contributed by atoms with Crippen LogP contribution in [-0.2, 0) is 10.2 Å². The lowest BCUT2D eigenvalue weighted by Gasteiger charge is -2.22. The van der Waals surface area contributed by atoms with Crippen molar-refractivity contribution in [2.24, 2.45) is 0 Å². The van der Waals surface area contributed by atoms with Gasteiger partial charge in [-0.15, -0.1) is 0 Å². The molecule has 1 N–H and O–H groups in total. The van der Waals surface area contributed by atoms with Gasteiger partial charge in [0, 0.05) is 38.2 Å². The van der Waals surface area contributed by atoms with Crippen LogP contribution in [0.3, 0.4) is 0 Å². The van der Waals surface area contributed by atoms with E-state index in [-0.39, 0.29) is 17.2 Å². The molecule has 0 atom stereocenters. The fourth-order valence-electron chi connectivity index (χ4n) is 3.59. The zero-order valence-corrected chi connectivity index (χ0v) is 18.4. The monoisotopic (exact) mass is 408 g/mol. The zero-order chi connectivity index (χ0) is 21.7. The molecule has 0 spiro atoms. The predicted octanol–water partition coefficient (Wildman–Crippen LogP) is 4.08. The molecular weight excluding hydrogens is 376 g/mol. The first-order chi connectivity index (χ1) is 14.3. The van der Waals surface area contributed by atoms with E-state index < -0.39 is 0 Å². The number of aromatic nitrogens is 1. The number of carbonyl (C=O) groups is 2. The third-order valence-corrected chi connectivity index (χ3v) is 5.49. The predicted molar refractivity (Wildman–Crippen MR) is 121 cm³/mol. The third-order valence-electron chi connectivity index (χ3n) is 5.49. The Hall–Kier alpha value is -2.89. The number of nitrogens with zero attached hydrogens (tertiary/aromatic N) is 3. The summed E-state index contributed by atoms with van der Waals surface area (Å²) in [5.41, 5.74) is 2.55. The molecule has 2 heterocycles. The number of anilines is 2. The molecule has 1 fully saturated rings. The van der Waals surface area contributed by atoms with E-state index in [0.717, 1.165) is 38.4 Å². The first kappa shape index (κ1) is 21.8. The van der Waals surface area contributed by atoms with E-state index in [4.69, 9.17) is 0 Å². The van der Waals surface area contributed by atoms with Crippen molar-refractivity contribution in [2.75, 3.05) is 36.4 Å². The van der Waals surface area contributed by atoms with Gasteiger partial charge in [0.15, 0.2) is 0 Å². The summed E-state index contributed by atoms with van der Waals surface area (Å²) in [6.07, 6.45) is 3.17. The molecule has 1 aromatic carbocycles. The highest BCUT2D eigenvalue weighted by Crippen LogP contribution is 2.23. The molecule has 0 unspecified atom stereocenters. The molecular formula is C24H32N4O2. The molecule has 0 bridgehead atoms. The summed E-state index contributed by atoms with van der Waals surface area (Å²) < 4.78 is 0. The summed E-state index contributed by atoms with van der Waals surface area (Å²) in [4.78, 5) is 33.2. The first-order valence-electron chi connectivity index (χ1n) is 10.7. The van der Waals surface area contributed by atoms with E-state index in [9.17, 15) is 9.59 Å². The smallest absolute Gasteiger partial charge is 0.255 e. The van der Waals surface area contributed by atoms with Gasteiger partial charge in [-0.1, -0.05) is 39.8 Å². The van der Waals surface area contributed by atoms with Crippen molar-refractivity contribution in [3.05, 3.63) is 53.7 Å². The number of amides is 2. The van der Waals surface area contributed by atoms with Gasteiger partial charge in [-0.05, 0) is 41.7 Å². The minimum absolute atomic E-state index is 0.0585. The van der Waals surface area contributed by atoms with Gasteiger partial charge in [-0.2, -0.15) is 0 Å². The Morgan fingerprint density at radius 2 is 1.73 bits per heavy atom. The van der Waals surface area contributed by atoms with Crippen LogP contribution in [0.5, 0.6) is 0 Å². The van der Waals surface area contributed by atoms with Gasteiger partial charge >= 0.3 is 0 Å². The molecule has 2 amide bonds. The van der Waals surface area contributed by atoms with Crippen LogP contribution in [-0.4, -0.2) is 47.9 Å². The Labute approximate surface area is 179 Å². The number of benzene rings is 1. The van der Waals surface area contributed by atoms with Crippen molar-refractivity contribution in [2.45, 2.75) is 46.0 Å². The fourth-order valence-corrected chi connectivity index (χ4v) is 3.59. The van der Waals surface area contributed by atoms with Crippen molar-refractivity contribution >= 4 is 23.3 Å². The number of hydrogen-bond acceptors (Lipinski definition) is 4. The van der Waals surface area contributed by atoms with Gasteiger partial charge < -0.3 is 15.1 Å². The lowest BCUT2D eigenvalue weighted by atomic mass is 9.87. The number of pyridine rings is 1. The van der Waals surface area contributed by atoms with Crippen molar-refractivity contribution in [1.82, 2.24) is 9.88 Å². The van der Waals surface area contributed by atoms with Crippen molar-refractivity contribution in [3.63, 3.8) is 0 Å². The van der Waals surface area contributed by atoms with Crippen LogP contribution in [0.2, 0.25) is 0 Å². The number of rotatable bonds is 4. The maximum absolute atomic E-state index is 12.5.